The van der Waals surface area contributed by atoms with Gasteiger partial charge in [-0.15, -0.1) is 0 Å². The summed E-state index contributed by atoms with van der Waals surface area (Å²) >= 11 is 0. The van der Waals surface area contributed by atoms with Gasteiger partial charge in [0.05, 0.1) is 11.9 Å². The summed E-state index contributed by atoms with van der Waals surface area (Å²) in [4.78, 5) is 14.2. The van der Waals surface area contributed by atoms with Crippen LogP contribution in [0.5, 0.6) is 0 Å². The van der Waals surface area contributed by atoms with Crippen molar-refractivity contribution in [3.63, 3.8) is 0 Å². The largest absolute Gasteiger partial charge is 0.481 e. The topological polar surface area (TPSA) is 53.1 Å². The molecule has 0 spiro atoms. The fraction of sp³-hybridized carbons (Fsp3) is 0.438. The fourth-order valence-electron chi connectivity index (χ4n) is 3.67. The maximum Gasteiger partial charge on any atom is 0.304 e. The van der Waals surface area contributed by atoms with Crippen LogP contribution in [-0.4, -0.2) is 16.1 Å². The number of aromatic nitrogens is 1. The summed E-state index contributed by atoms with van der Waals surface area (Å²) in [6.45, 7) is 1.93. The molecule has 2 aromatic rings. The lowest BCUT2D eigenvalue weighted by atomic mass is 9.69. The van der Waals surface area contributed by atoms with Gasteiger partial charge < -0.3 is 10.1 Å². The molecule has 0 saturated carbocycles. The molecule has 3 rings (SSSR count). The summed E-state index contributed by atoms with van der Waals surface area (Å²) in [5.41, 5.74) is 1.05. The van der Waals surface area contributed by atoms with E-state index < -0.39 is 23.0 Å². The first-order chi connectivity index (χ1) is 9.98. The van der Waals surface area contributed by atoms with Crippen molar-refractivity contribution in [1.29, 1.82) is 0 Å². The molecule has 0 fully saturated rings. The Labute approximate surface area is 121 Å². The van der Waals surface area contributed by atoms with E-state index in [4.69, 9.17) is 0 Å². The maximum absolute atomic E-state index is 14.1. The molecule has 3 nitrogen and oxygen atoms in total. The van der Waals surface area contributed by atoms with Crippen LogP contribution in [0.4, 0.5) is 8.78 Å². The van der Waals surface area contributed by atoms with Crippen LogP contribution in [-0.2, 0) is 16.6 Å². The summed E-state index contributed by atoms with van der Waals surface area (Å²) in [5, 5.41) is 9.49. The minimum Gasteiger partial charge on any atom is -0.481 e. The molecule has 5 heteroatoms. The van der Waals surface area contributed by atoms with Crippen molar-refractivity contribution < 1.29 is 18.7 Å². The van der Waals surface area contributed by atoms with Crippen LogP contribution in [0.1, 0.15) is 43.9 Å². The van der Waals surface area contributed by atoms with Gasteiger partial charge in [-0.05, 0) is 43.4 Å². The first kappa shape index (κ1) is 14.0. The van der Waals surface area contributed by atoms with Gasteiger partial charge >= 0.3 is 5.97 Å². The van der Waals surface area contributed by atoms with Crippen LogP contribution in [0.3, 0.4) is 0 Å². The molecule has 112 valence electrons. The zero-order valence-corrected chi connectivity index (χ0v) is 11.8. The number of carbonyl (C=O) groups is 1. The van der Waals surface area contributed by atoms with Crippen molar-refractivity contribution in [1.82, 2.24) is 4.98 Å². The third kappa shape index (κ3) is 2.03. The summed E-state index contributed by atoms with van der Waals surface area (Å²) in [7, 11) is 0. The standard InChI is InChI=1S/C16H17F2NO2/c1-2-16(8-12(20)21)7-3-4-9-13-10(17)5-6-11(18)14(13)19-15(9)16/h5-6,19H,2-4,7-8H2,1H3,(H,20,21). The Morgan fingerprint density at radius 1 is 1.38 bits per heavy atom. The first-order valence-electron chi connectivity index (χ1n) is 7.19. The number of aryl methyl sites for hydroxylation is 1. The highest BCUT2D eigenvalue weighted by atomic mass is 19.1. The zero-order valence-electron chi connectivity index (χ0n) is 11.8. The lowest BCUT2D eigenvalue weighted by molar-refractivity contribution is -0.138. The predicted molar refractivity (Wildman–Crippen MR) is 75.4 cm³/mol. The van der Waals surface area contributed by atoms with Gasteiger partial charge in [-0.25, -0.2) is 8.78 Å². The van der Waals surface area contributed by atoms with E-state index in [2.05, 4.69) is 4.98 Å². The molecule has 0 amide bonds. The normalized spacial score (nSPS) is 21.5. The van der Waals surface area contributed by atoms with Gasteiger partial charge in [-0.2, -0.15) is 0 Å². The number of hydrogen-bond acceptors (Lipinski definition) is 1. The first-order valence-corrected chi connectivity index (χ1v) is 7.19. The molecule has 1 heterocycles. The number of halogens is 2. The quantitative estimate of drug-likeness (QED) is 0.901. The Hall–Kier alpha value is -1.91. The minimum atomic E-state index is -0.885. The Morgan fingerprint density at radius 3 is 2.76 bits per heavy atom. The number of hydrogen-bond donors (Lipinski definition) is 2. The van der Waals surface area contributed by atoms with Gasteiger partial charge in [0.1, 0.15) is 11.6 Å². The van der Waals surface area contributed by atoms with Gasteiger partial charge in [0.15, 0.2) is 0 Å². The molecule has 0 aliphatic heterocycles. The lowest BCUT2D eigenvalue weighted by Crippen LogP contribution is -2.33. The summed E-state index contributed by atoms with van der Waals surface area (Å²) in [5.74, 6) is -1.84. The molecule has 0 saturated heterocycles. The van der Waals surface area contributed by atoms with Gasteiger partial charge in [0.25, 0.3) is 0 Å². The van der Waals surface area contributed by atoms with E-state index in [0.29, 0.717) is 18.5 Å². The van der Waals surface area contributed by atoms with Gasteiger partial charge in [0.2, 0.25) is 0 Å². The molecule has 1 aromatic carbocycles. The Morgan fingerprint density at radius 2 is 2.10 bits per heavy atom. The van der Waals surface area contributed by atoms with Crippen molar-refractivity contribution in [2.24, 2.45) is 0 Å². The number of aliphatic carboxylic acids is 1. The van der Waals surface area contributed by atoms with Crippen LogP contribution < -0.4 is 0 Å². The molecule has 1 aromatic heterocycles. The van der Waals surface area contributed by atoms with E-state index in [9.17, 15) is 18.7 Å². The fourth-order valence-corrected chi connectivity index (χ4v) is 3.67. The molecular formula is C16H17F2NO2. The Balaban J connectivity index is 2.29. The number of carboxylic acid groups (broad SMARTS) is 1. The average molecular weight is 293 g/mol. The van der Waals surface area contributed by atoms with Gasteiger partial charge in [-0.1, -0.05) is 6.92 Å². The van der Waals surface area contributed by atoms with E-state index in [1.807, 2.05) is 6.92 Å². The van der Waals surface area contributed by atoms with Crippen molar-refractivity contribution in [2.45, 2.75) is 44.4 Å². The molecule has 0 radical (unpaired) electrons. The van der Waals surface area contributed by atoms with Crippen molar-refractivity contribution >= 4 is 16.9 Å². The second-order valence-electron chi connectivity index (χ2n) is 5.82. The highest BCUT2D eigenvalue weighted by Gasteiger charge is 2.40. The van der Waals surface area contributed by atoms with E-state index in [-0.39, 0.29) is 17.3 Å². The molecule has 1 atom stereocenters. The Bertz CT molecular complexity index is 723. The van der Waals surface area contributed by atoms with Crippen molar-refractivity contribution in [3.05, 3.63) is 35.0 Å². The molecular weight excluding hydrogens is 276 g/mol. The van der Waals surface area contributed by atoms with Gasteiger partial charge in [0, 0.05) is 16.5 Å². The number of H-pyrrole nitrogens is 1. The van der Waals surface area contributed by atoms with E-state index in [1.54, 1.807) is 0 Å². The SMILES string of the molecule is CCC1(CC(=O)O)CCCc2c1[nH]c1c(F)ccc(F)c21. The van der Waals surface area contributed by atoms with Crippen molar-refractivity contribution in [3.8, 4) is 0 Å². The van der Waals surface area contributed by atoms with E-state index in [0.717, 1.165) is 30.5 Å². The highest BCUT2D eigenvalue weighted by molar-refractivity contribution is 5.87. The summed E-state index contributed by atoms with van der Waals surface area (Å²) in [6.07, 6.45) is 2.77. The Kier molecular flexibility index (Phi) is 3.23. The third-order valence-electron chi connectivity index (χ3n) is 4.74. The molecule has 1 aliphatic carbocycles. The van der Waals surface area contributed by atoms with Gasteiger partial charge in [-0.3, -0.25) is 4.79 Å². The van der Waals surface area contributed by atoms with Crippen LogP contribution in [0, 0.1) is 11.6 Å². The number of rotatable bonds is 3. The number of fused-ring (bicyclic) bond motifs is 3. The lowest BCUT2D eigenvalue weighted by Gasteiger charge is -2.35. The van der Waals surface area contributed by atoms with Crippen LogP contribution in [0.15, 0.2) is 12.1 Å². The molecule has 0 bridgehead atoms. The average Bonchev–Trinajstić information content (AvgIpc) is 2.84. The maximum atomic E-state index is 14.1. The number of nitrogens with one attached hydrogen (secondary N) is 1. The minimum absolute atomic E-state index is 0.0213. The van der Waals surface area contributed by atoms with Crippen LogP contribution in [0.25, 0.3) is 10.9 Å². The summed E-state index contributed by atoms with van der Waals surface area (Å²) in [6, 6.07) is 2.23. The third-order valence-corrected chi connectivity index (χ3v) is 4.74. The second kappa shape index (κ2) is 4.83. The molecule has 1 aliphatic rings. The van der Waals surface area contributed by atoms with Crippen LogP contribution in [0.2, 0.25) is 0 Å². The monoisotopic (exact) mass is 293 g/mol. The smallest absolute Gasteiger partial charge is 0.304 e. The zero-order chi connectivity index (χ0) is 15.2. The van der Waals surface area contributed by atoms with Crippen molar-refractivity contribution in [2.75, 3.05) is 0 Å². The highest BCUT2D eigenvalue weighted by Crippen LogP contribution is 2.45. The van der Waals surface area contributed by atoms with E-state index in [1.165, 1.54) is 0 Å². The molecule has 21 heavy (non-hydrogen) atoms. The summed E-state index contributed by atoms with van der Waals surface area (Å²) < 4.78 is 28.1. The predicted octanol–water partition coefficient (Wildman–Crippen LogP) is 3.90. The number of benzene rings is 1. The molecule has 2 N–H and O–H groups in total. The van der Waals surface area contributed by atoms with Crippen LogP contribution >= 0.6 is 0 Å². The molecule has 1 unspecified atom stereocenters. The number of carboxylic acids is 1. The number of aromatic amines is 1. The second-order valence-corrected chi connectivity index (χ2v) is 5.82. The van der Waals surface area contributed by atoms with E-state index >= 15 is 0 Å².